The largest absolute Gasteiger partial charge is 0.308 e. The van der Waals surface area contributed by atoms with Crippen molar-refractivity contribution in [3.8, 4) is 0 Å². The molecule has 84 valence electrons. The lowest BCUT2D eigenvalue weighted by Gasteiger charge is -2.17. The van der Waals surface area contributed by atoms with Crippen molar-refractivity contribution >= 4 is 11.3 Å². The second-order valence-corrected chi connectivity index (χ2v) is 4.46. The summed E-state index contributed by atoms with van der Waals surface area (Å²) in [5.74, 6) is 0. The molecule has 0 saturated carbocycles. The molecule has 2 aromatic heterocycles. The standard InChI is InChI=1S/C13H16N2S/c1-3-10-5-4-7-15-13(10)12(14-2)11-6-8-16-9-11/h4-9,12,14H,3H2,1-2H3. The third-order valence-electron chi connectivity index (χ3n) is 2.75. The number of aromatic nitrogens is 1. The zero-order chi connectivity index (χ0) is 11.4. The molecule has 0 fully saturated rings. The number of hydrogen-bond donors (Lipinski definition) is 1. The third kappa shape index (κ3) is 2.15. The van der Waals surface area contributed by atoms with E-state index in [0.29, 0.717) is 0 Å². The maximum absolute atomic E-state index is 4.52. The van der Waals surface area contributed by atoms with Crippen LogP contribution in [0.2, 0.25) is 0 Å². The normalized spacial score (nSPS) is 12.6. The zero-order valence-electron chi connectivity index (χ0n) is 9.60. The highest BCUT2D eigenvalue weighted by molar-refractivity contribution is 7.08. The van der Waals surface area contributed by atoms with Gasteiger partial charge in [0.05, 0.1) is 11.7 Å². The monoisotopic (exact) mass is 232 g/mol. The average molecular weight is 232 g/mol. The minimum atomic E-state index is 0.211. The van der Waals surface area contributed by atoms with Gasteiger partial charge in [-0.3, -0.25) is 4.98 Å². The number of nitrogens with zero attached hydrogens (tertiary/aromatic N) is 1. The van der Waals surface area contributed by atoms with Gasteiger partial charge in [-0.25, -0.2) is 0 Å². The predicted octanol–water partition coefficient (Wildman–Crippen LogP) is 3.01. The summed E-state index contributed by atoms with van der Waals surface area (Å²) in [4.78, 5) is 4.52. The summed E-state index contributed by atoms with van der Waals surface area (Å²) in [6.07, 6.45) is 2.89. The Morgan fingerprint density at radius 1 is 1.44 bits per heavy atom. The summed E-state index contributed by atoms with van der Waals surface area (Å²) in [7, 11) is 1.98. The molecule has 1 atom stereocenters. The van der Waals surface area contributed by atoms with Gasteiger partial charge in [0.15, 0.2) is 0 Å². The molecule has 3 heteroatoms. The van der Waals surface area contributed by atoms with Gasteiger partial charge in [-0.1, -0.05) is 13.0 Å². The van der Waals surface area contributed by atoms with E-state index < -0.39 is 0 Å². The van der Waals surface area contributed by atoms with E-state index in [1.807, 2.05) is 19.3 Å². The fourth-order valence-corrected chi connectivity index (χ4v) is 2.60. The molecule has 2 heterocycles. The van der Waals surface area contributed by atoms with Crippen LogP contribution in [0.3, 0.4) is 0 Å². The quantitative estimate of drug-likeness (QED) is 0.876. The molecule has 0 radical (unpaired) electrons. The number of thiophene rings is 1. The van der Waals surface area contributed by atoms with E-state index in [-0.39, 0.29) is 6.04 Å². The van der Waals surface area contributed by atoms with Gasteiger partial charge in [0.1, 0.15) is 0 Å². The van der Waals surface area contributed by atoms with Crippen LogP contribution < -0.4 is 5.32 Å². The molecular formula is C13H16N2S. The van der Waals surface area contributed by atoms with Gasteiger partial charge in [-0.2, -0.15) is 11.3 Å². The van der Waals surface area contributed by atoms with Crippen LogP contribution in [0.1, 0.15) is 29.8 Å². The number of nitrogens with one attached hydrogen (secondary N) is 1. The Balaban J connectivity index is 2.41. The van der Waals surface area contributed by atoms with Crippen molar-refractivity contribution in [2.45, 2.75) is 19.4 Å². The molecular weight excluding hydrogens is 216 g/mol. The summed E-state index contributed by atoms with van der Waals surface area (Å²) in [5.41, 5.74) is 3.75. The minimum absolute atomic E-state index is 0.211. The van der Waals surface area contributed by atoms with Crippen molar-refractivity contribution in [3.05, 3.63) is 52.0 Å². The SMILES string of the molecule is CCc1cccnc1C(NC)c1ccsc1. The first kappa shape index (κ1) is 11.3. The summed E-state index contributed by atoms with van der Waals surface area (Å²) >= 11 is 1.72. The van der Waals surface area contributed by atoms with Crippen LogP contribution >= 0.6 is 11.3 Å². The lowest BCUT2D eigenvalue weighted by Crippen LogP contribution is -2.19. The number of aryl methyl sites for hydroxylation is 1. The molecule has 1 unspecified atom stereocenters. The van der Waals surface area contributed by atoms with E-state index in [0.717, 1.165) is 12.1 Å². The topological polar surface area (TPSA) is 24.9 Å². The number of rotatable bonds is 4. The highest BCUT2D eigenvalue weighted by Crippen LogP contribution is 2.24. The first-order chi connectivity index (χ1) is 7.86. The predicted molar refractivity (Wildman–Crippen MR) is 68.8 cm³/mol. The third-order valence-corrected chi connectivity index (χ3v) is 3.45. The van der Waals surface area contributed by atoms with E-state index in [1.165, 1.54) is 11.1 Å². The average Bonchev–Trinajstić information content (AvgIpc) is 2.84. The molecule has 0 aromatic carbocycles. The molecule has 2 aromatic rings. The minimum Gasteiger partial charge on any atom is -0.308 e. The Bertz CT molecular complexity index is 437. The molecule has 0 aliphatic rings. The van der Waals surface area contributed by atoms with Gasteiger partial charge < -0.3 is 5.32 Å². The van der Waals surface area contributed by atoms with Gasteiger partial charge >= 0.3 is 0 Å². The first-order valence-electron chi connectivity index (χ1n) is 5.50. The van der Waals surface area contributed by atoms with Crippen LogP contribution in [0.25, 0.3) is 0 Å². The molecule has 0 saturated heterocycles. The molecule has 1 N–H and O–H groups in total. The fourth-order valence-electron chi connectivity index (χ4n) is 1.91. The Hall–Kier alpha value is -1.19. The lowest BCUT2D eigenvalue weighted by atomic mass is 10.0. The van der Waals surface area contributed by atoms with E-state index in [2.05, 4.69) is 40.1 Å². The highest BCUT2D eigenvalue weighted by atomic mass is 32.1. The Morgan fingerprint density at radius 2 is 2.31 bits per heavy atom. The van der Waals surface area contributed by atoms with Gasteiger partial charge in [0, 0.05) is 6.20 Å². The van der Waals surface area contributed by atoms with Crippen molar-refractivity contribution in [1.82, 2.24) is 10.3 Å². The van der Waals surface area contributed by atoms with Crippen molar-refractivity contribution in [2.24, 2.45) is 0 Å². The van der Waals surface area contributed by atoms with Crippen molar-refractivity contribution in [2.75, 3.05) is 7.05 Å². The van der Waals surface area contributed by atoms with Crippen molar-refractivity contribution in [3.63, 3.8) is 0 Å². The zero-order valence-corrected chi connectivity index (χ0v) is 10.4. The van der Waals surface area contributed by atoms with Gasteiger partial charge in [-0.05, 0) is 47.5 Å². The van der Waals surface area contributed by atoms with Crippen LogP contribution in [-0.2, 0) is 6.42 Å². The van der Waals surface area contributed by atoms with E-state index in [4.69, 9.17) is 0 Å². The molecule has 2 nitrogen and oxygen atoms in total. The van der Waals surface area contributed by atoms with Gasteiger partial charge in [-0.15, -0.1) is 0 Å². The lowest BCUT2D eigenvalue weighted by molar-refractivity contribution is 0.664. The number of pyridine rings is 1. The summed E-state index contributed by atoms with van der Waals surface area (Å²) in [6, 6.07) is 6.52. The maximum atomic E-state index is 4.52. The van der Waals surface area contributed by atoms with Crippen LogP contribution in [0.15, 0.2) is 35.2 Å². The Labute approximate surface area is 100 Å². The molecule has 16 heavy (non-hydrogen) atoms. The maximum Gasteiger partial charge on any atom is 0.0759 e. The van der Waals surface area contributed by atoms with Gasteiger partial charge in [0.2, 0.25) is 0 Å². The first-order valence-corrected chi connectivity index (χ1v) is 6.44. The smallest absolute Gasteiger partial charge is 0.0759 e. The summed E-state index contributed by atoms with van der Waals surface area (Å²) in [6.45, 7) is 2.17. The fraction of sp³-hybridized carbons (Fsp3) is 0.308. The van der Waals surface area contributed by atoms with Crippen LogP contribution in [0.4, 0.5) is 0 Å². The van der Waals surface area contributed by atoms with E-state index in [1.54, 1.807) is 11.3 Å². The van der Waals surface area contributed by atoms with E-state index in [9.17, 15) is 0 Å². The van der Waals surface area contributed by atoms with Crippen LogP contribution in [-0.4, -0.2) is 12.0 Å². The van der Waals surface area contributed by atoms with Crippen molar-refractivity contribution < 1.29 is 0 Å². The second kappa shape index (κ2) is 5.23. The van der Waals surface area contributed by atoms with Crippen LogP contribution in [0.5, 0.6) is 0 Å². The molecule has 0 spiro atoms. The summed E-state index contributed by atoms with van der Waals surface area (Å²) < 4.78 is 0. The van der Waals surface area contributed by atoms with Crippen LogP contribution in [0, 0.1) is 0 Å². The van der Waals surface area contributed by atoms with Gasteiger partial charge in [0.25, 0.3) is 0 Å². The molecule has 2 rings (SSSR count). The molecule has 0 aliphatic carbocycles. The molecule has 0 aliphatic heterocycles. The summed E-state index contributed by atoms with van der Waals surface area (Å²) in [5, 5.41) is 7.62. The highest BCUT2D eigenvalue weighted by Gasteiger charge is 2.16. The Kier molecular flexibility index (Phi) is 3.70. The second-order valence-electron chi connectivity index (χ2n) is 3.68. The van der Waals surface area contributed by atoms with E-state index >= 15 is 0 Å². The Morgan fingerprint density at radius 3 is 2.94 bits per heavy atom. The van der Waals surface area contributed by atoms with Crippen molar-refractivity contribution in [1.29, 1.82) is 0 Å². The molecule has 0 amide bonds. The number of hydrogen-bond acceptors (Lipinski definition) is 3. The molecule has 0 bridgehead atoms.